The molecule has 1 aromatic carbocycles. The average molecular weight is 290 g/mol. The van der Waals surface area contributed by atoms with Crippen LogP contribution in [0.25, 0.3) is 0 Å². The third-order valence-corrected chi connectivity index (χ3v) is 4.07. The van der Waals surface area contributed by atoms with Gasteiger partial charge in [0.1, 0.15) is 4.90 Å². The number of methoxy groups -OCH3 is 1. The third kappa shape index (κ3) is 4.21. The maximum atomic E-state index is 11.1. The summed E-state index contributed by atoms with van der Waals surface area (Å²) in [5.74, 6) is 0.234. The van der Waals surface area contributed by atoms with Crippen molar-refractivity contribution in [2.24, 2.45) is 5.14 Å². The van der Waals surface area contributed by atoms with Crippen molar-refractivity contribution in [1.29, 1.82) is 0 Å². The van der Waals surface area contributed by atoms with E-state index in [0.717, 1.165) is 4.90 Å². The first-order valence-electron chi connectivity index (χ1n) is 4.96. The molecule has 0 aliphatic heterocycles. The minimum atomic E-state index is -3.80. The molecule has 1 aromatic rings. The van der Waals surface area contributed by atoms with E-state index in [1.54, 1.807) is 6.07 Å². The molecule has 0 aromatic heterocycles. The number of benzene rings is 1. The SMILES string of the molecule is COC(=O)CCSc1ccc(S(N)(=O)=O)c(N)c1. The molecule has 0 fully saturated rings. The number of hydrogen-bond donors (Lipinski definition) is 2. The molecule has 0 bridgehead atoms. The fourth-order valence-corrected chi connectivity index (χ4v) is 2.75. The lowest BCUT2D eigenvalue weighted by Crippen LogP contribution is -2.14. The number of anilines is 1. The van der Waals surface area contributed by atoms with Crippen LogP contribution in [-0.4, -0.2) is 27.2 Å². The Morgan fingerprint density at radius 1 is 1.44 bits per heavy atom. The van der Waals surface area contributed by atoms with Crippen molar-refractivity contribution in [2.45, 2.75) is 16.2 Å². The third-order valence-electron chi connectivity index (χ3n) is 2.09. The van der Waals surface area contributed by atoms with Gasteiger partial charge in [0.2, 0.25) is 10.0 Å². The molecule has 0 saturated heterocycles. The summed E-state index contributed by atoms with van der Waals surface area (Å²) in [4.78, 5) is 11.6. The smallest absolute Gasteiger partial charge is 0.306 e. The van der Waals surface area contributed by atoms with Crippen LogP contribution < -0.4 is 10.9 Å². The van der Waals surface area contributed by atoms with Gasteiger partial charge in [-0.15, -0.1) is 11.8 Å². The van der Waals surface area contributed by atoms with Crippen molar-refractivity contribution in [1.82, 2.24) is 0 Å². The zero-order chi connectivity index (χ0) is 13.8. The Hall–Kier alpha value is -1.25. The van der Waals surface area contributed by atoms with Crippen molar-refractivity contribution in [2.75, 3.05) is 18.6 Å². The van der Waals surface area contributed by atoms with E-state index in [4.69, 9.17) is 10.9 Å². The first kappa shape index (κ1) is 14.8. The Bertz CT molecular complexity index is 543. The standard InChI is InChI=1S/C10H14N2O4S2/c1-16-10(13)4-5-17-7-2-3-9(8(11)6-7)18(12,14)15/h2-3,6H,4-5,11H2,1H3,(H2,12,14,15). The second kappa shape index (κ2) is 6.07. The Labute approximate surface area is 110 Å². The number of rotatable bonds is 5. The quantitative estimate of drug-likeness (QED) is 0.466. The van der Waals surface area contributed by atoms with Gasteiger partial charge in [0.25, 0.3) is 0 Å². The Morgan fingerprint density at radius 3 is 2.61 bits per heavy atom. The first-order valence-corrected chi connectivity index (χ1v) is 7.49. The van der Waals surface area contributed by atoms with E-state index in [9.17, 15) is 13.2 Å². The summed E-state index contributed by atoms with van der Waals surface area (Å²) >= 11 is 1.38. The van der Waals surface area contributed by atoms with Gasteiger partial charge in [-0.25, -0.2) is 13.6 Å². The highest BCUT2D eigenvalue weighted by atomic mass is 32.2. The summed E-state index contributed by atoms with van der Waals surface area (Å²) in [6.45, 7) is 0. The molecule has 0 heterocycles. The van der Waals surface area contributed by atoms with Crippen LogP contribution in [0.4, 0.5) is 5.69 Å². The number of carbonyl (C=O) groups excluding carboxylic acids is 1. The number of nitrogens with two attached hydrogens (primary N) is 2. The fraction of sp³-hybridized carbons (Fsp3) is 0.300. The van der Waals surface area contributed by atoms with Crippen molar-refractivity contribution < 1.29 is 17.9 Å². The fourth-order valence-electron chi connectivity index (χ4n) is 1.23. The molecule has 6 nitrogen and oxygen atoms in total. The maximum Gasteiger partial charge on any atom is 0.306 e. The van der Waals surface area contributed by atoms with Gasteiger partial charge in [-0.05, 0) is 18.2 Å². The topological polar surface area (TPSA) is 112 Å². The van der Waals surface area contributed by atoms with Crippen LogP contribution in [-0.2, 0) is 19.6 Å². The van der Waals surface area contributed by atoms with Crippen LogP contribution in [0.1, 0.15) is 6.42 Å². The van der Waals surface area contributed by atoms with E-state index in [1.165, 1.54) is 31.0 Å². The number of nitrogen functional groups attached to an aromatic ring is 1. The first-order chi connectivity index (χ1) is 8.34. The van der Waals surface area contributed by atoms with Gasteiger partial charge in [0.15, 0.2) is 0 Å². The molecule has 0 amide bonds. The number of sulfonamides is 1. The van der Waals surface area contributed by atoms with E-state index in [-0.39, 0.29) is 23.0 Å². The van der Waals surface area contributed by atoms with Gasteiger partial charge >= 0.3 is 5.97 Å². The van der Waals surface area contributed by atoms with Gasteiger partial charge in [0.05, 0.1) is 19.2 Å². The lowest BCUT2D eigenvalue weighted by molar-refractivity contribution is -0.140. The molecule has 0 saturated carbocycles. The second-order valence-corrected chi connectivity index (χ2v) is 6.12. The van der Waals surface area contributed by atoms with Crippen LogP contribution in [0, 0.1) is 0 Å². The minimum Gasteiger partial charge on any atom is -0.469 e. The Morgan fingerprint density at radius 2 is 2.11 bits per heavy atom. The zero-order valence-corrected chi connectivity index (χ0v) is 11.4. The monoisotopic (exact) mass is 290 g/mol. The highest BCUT2D eigenvalue weighted by molar-refractivity contribution is 7.99. The normalized spacial score (nSPS) is 11.2. The van der Waals surface area contributed by atoms with E-state index >= 15 is 0 Å². The predicted molar refractivity (Wildman–Crippen MR) is 69.6 cm³/mol. The van der Waals surface area contributed by atoms with E-state index in [1.807, 2.05) is 0 Å². The van der Waals surface area contributed by atoms with Crippen LogP contribution in [0.3, 0.4) is 0 Å². The minimum absolute atomic E-state index is 0.0974. The van der Waals surface area contributed by atoms with E-state index in [2.05, 4.69) is 4.74 Å². The molecule has 100 valence electrons. The molecule has 0 atom stereocenters. The van der Waals surface area contributed by atoms with Gasteiger partial charge in [-0.1, -0.05) is 0 Å². The largest absolute Gasteiger partial charge is 0.469 e. The zero-order valence-electron chi connectivity index (χ0n) is 9.75. The number of primary sulfonamides is 1. The average Bonchev–Trinajstić information content (AvgIpc) is 2.27. The maximum absolute atomic E-state index is 11.1. The lowest BCUT2D eigenvalue weighted by Gasteiger charge is -2.06. The summed E-state index contributed by atoms with van der Waals surface area (Å²) in [7, 11) is -2.47. The van der Waals surface area contributed by atoms with Gasteiger partial charge in [-0.2, -0.15) is 0 Å². The molecule has 8 heteroatoms. The van der Waals surface area contributed by atoms with Crippen LogP contribution in [0.2, 0.25) is 0 Å². The number of ether oxygens (including phenoxy) is 1. The number of hydrogen-bond acceptors (Lipinski definition) is 6. The summed E-state index contributed by atoms with van der Waals surface area (Å²) < 4.78 is 26.8. The molecule has 0 unspecified atom stereocenters. The number of thioether (sulfide) groups is 1. The Kier molecular flexibility index (Phi) is 5.00. The molecule has 1 rings (SSSR count). The van der Waals surface area contributed by atoms with Crippen molar-refractivity contribution in [3.63, 3.8) is 0 Å². The van der Waals surface area contributed by atoms with Gasteiger partial charge in [-0.3, -0.25) is 4.79 Å². The van der Waals surface area contributed by atoms with E-state index < -0.39 is 10.0 Å². The summed E-state index contributed by atoms with van der Waals surface area (Å²) in [5.41, 5.74) is 5.70. The van der Waals surface area contributed by atoms with Crippen molar-refractivity contribution in [3.05, 3.63) is 18.2 Å². The molecular formula is C10H14N2O4S2. The van der Waals surface area contributed by atoms with Crippen LogP contribution in [0.5, 0.6) is 0 Å². The molecule has 0 radical (unpaired) electrons. The molecule has 0 aliphatic carbocycles. The Balaban J connectivity index is 2.71. The molecule has 0 aliphatic rings. The molecule has 0 spiro atoms. The van der Waals surface area contributed by atoms with Crippen LogP contribution in [0.15, 0.2) is 28.0 Å². The number of carbonyl (C=O) groups is 1. The second-order valence-electron chi connectivity index (χ2n) is 3.42. The van der Waals surface area contributed by atoms with E-state index in [0.29, 0.717) is 5.75 Å². The van der Waals surface area contributed by atoms with Gasteiger partial charge < -0.3 is 10.5 Å². The summed E-state index contributed by atoms with van der Waals surface area (Å²) in [5, 5.41) is 4.99. The number of esters is 1. The van der Waals surface area contributed by atoms with Crippen molar-refractivity contribution in [3.8, 4) is 0 Å². The summed E-state index contributed by atoms with van der Waals surface area (Å²) in [6, 6.07) is 4.46. The van der Waals surface area contributed by atoms with Crippen LogP contribution >= 0.6 is 11.8 Å². The summed E-state index contributed by atoms with van der Waals surface area (Å²) in [6.07, 6.45) is 0.276. The predicted octanol–water partition coefficient (Wildman–Crippen LogP) is 0.571. The highest BCUT2D eigenvalue weighted by Gasteiger charge is 2.12. The van der Waals surface area contributed by atoms with Crippen molar-refractivity contribution >= 4 is 33.4 Å². The molecular weight excluding hydrogens is 276 g/mol. The van der Waals surface area contributed by atoms with Gasteiger partial charge in [0, 0.05) is 10.6 Å². The molecule has 18 heavy (non-hydrogen) atoms. The highest BCUT2D eigenvalue weighted by Crippen LogP contribution is 2.25. The molecule has 4 N–H and O–H groups in total. The lowest BCUT2D eigenvalue weighted by atomic mass is 10.3.